The number of ketones is 1. The van der Waals surface area contributed by atoms with Gasteiger partial charge >= 0.3 is 11.9 Å². The van der Waals surface area contributed by atoms with E-state index in [1.54, 1.807) is 26.0 Å². The van der Waals surface area contributed by atoms with E-state index >= 15 is 0 Å². The fraction of sp³-hybridized carbons (Fsp3) is 0.550. The summed E-state index contributed by atoms with van der Waals surface area (Å²) in [6, 6.07) is 9.04. The summed E-state index contributed by atoms with van der Waals surface area (Å²) in [5.41, 5.74) is 0.617. The Kier molecular flexibility index (Phi) is 7.16. The molecular weight excluding hydrogens is 320 g/mol. The second-order valence-corrected chi connectivity index (χ2v) is 6.27. The van der Waals surface area contributed by atoms with Gasteiger partial charge in [0.15, 0.2) is 11.7 Å². The van der Waals surface area contributed by atoms with E-state index in [4.69, 9.17) is 9.47 Å². The zero-order chi connectivity index (χ0) is 18.2. The molecular formula is C20H26O5. The molecule has 5 heteroatoms. The average Bonchev–Trinajstić information content (AvgIpc) is 2.63. The van der Waals surface area contributed by atoms with E-state index < -0.39 is 17.9 Å². The predicted molar refractivity (Wildman–Crippen MR) is 93.0 cm³/mol. The highest BCUT2D eigenvalue weighted by Crippen LogP contribution is 2.38. The van der Waals surface area contributed by atoms with E-state index in [-0.39, 0.29) is 30.8 Å². The normalized spacial score (nSPS) is 20.1. The first-order chi connectivity index (χ1) is 12.1. The smallest absolute Gasteiger partial charge is 0.320 e. The van der Waals surface area contributed by atoms with Crippen LogP contribution in [0.4, 0.5) is 0 Å². The molecule has 0 bridgehead atoms. The molecule has 0 spiro atoms. The summed E-state index contributed by atoms with van der Waals surface area (Å²) in [6.45, 7) is 3.79. The van der Waals surface area contributed by atoms with Gasteiger partial charge in [-0.25, -0.2) is 0 Å². The number of Topliss-reactive ketones (excluding diaryl/α,β-unsaturated/α-hetero) is 1. The molecule has 1 aliphatic rings. The molecule has 136 valence electrons. The molecule has 0 heterocycles. The lowest BCUT2D eigenvalue weighted by atomic mass is 9.69. The van der Waals surface area contributed by atoms with Crippen LogP contribution in [0.2, 0.25) is 0 Å². The average molecular weight is 346 g/mol. The minimum atomic E-state index is -1.03. The van der Waals surface area contributed by atoms with Gasteiger partial charge in [-0.2, -0.15) is 0 Å². The van der Waals surface area contributed by atoms with Crippen molar-refractivity contribution in [1.29, 1.82) is 0 Å². The van der Waals surface area contributed by atoms with Crippen LogP contribution < -0.4 is 0 Å². The predicted octanol–water partition coefficient (Wildman–Crippen LogP) is 3.42. The number of carbonyl (C=O) groups excluding carboxylic acids is 3. The van der Waals surface area contributed by atoms with Crippen LogP contribution in [-0.4, -0.2) is 30.9 Å². The molecule has 2 atom stereocenters. The standard InChI is InChI=1S/C20H26O5/c1-3-24-19(22)17(20(23)25-4-2)15-12-8-9-13-16(15)18(21)14-10-6-5-7-11-14/h5-7,10-11,15-17H,3-4,8-9,12-13H2,1-2H3/t15-,16-/m0/s1. The van der Waals surface area contributed by atoms with Crippen molar-refractivity contribution in [3.05, 3.63) is 35.9 Å². The fourth-order valence-electron chi connectivity index (χ4n) is 3.61. The largest absolute Gasteiger partial charge is 0.465 e. The molecule has 0 N–H and O–H groups in total. The van der Waals surface area contributed by atoms with Crippen molar-refractivity contribution in [3.8, 4) is 0 Å². The third-order valence-corrected chi connectivity index (χ3v) is 4.72. The van der Waals surface area contributed by atoms with Gasteiger partial charge in [-0.1, -0.05) is 43.2 Å². The third kappa shape index (κ3) is 4.68. The van der Waals surface area contributed by atoms with Gasteiger partial charge in [0, 0.05) is 11.5 Å². The molecule has 0 amide bonds. The van der Waals surface area contributed by atoms with Crippen molar-refractivity contribution in [2.75, 3.05) is 13.2 Å². The van der Waals surface area contributed by atoms with E-state index in [9.17, 15) is 14.4 Å². The summed E-state index contributed by atoms with van der Waals surface area (Å²) in [4.78, 5) is 37.8. The molecule has 0 saturated heterocycles. The molecule has 0 aliphatic heterocycles. The minimum absolute atomic E-state index is 0.0103. The lowest BCUT2D eigenvalue weighted by Crippen LogP contribution is -2.41. The van der Waals surface area contributed by atoms with E-state index in [2.05, 4.69) is 0 Å². The first kappa shape index (κ1) is 19.2. The number of hydrogen-bond acceptors (Lipinski definition) is 5. The second-order valence-electron chi connectivity index (χ2n) is 6.27. The second kappa shape index (κ2) is 9.35. The molecule has 1 saturated carbocycles. The van der Waals surface area contributed by atoms with Crippen molar-refractivity contribution in [2.24, 2.45) is 17.8 Å². The van der Waals surface area contributed by atoms with E-state index in [0.29, 0.717) is 18.4 Å². The molecule has 0 unspecified atom stereocenters. The van der Waals surface area contributed by atoms with Gasteiger partial charge in [0.2, 0.25) is 0 Å². The molecule has 25 heavy (non-hydrogen) atoms. The lowest BCUT2D eigenvalue weighted by molar-refractivity contribution is -0.165. The number of benzene rings is 1. The van der Waals surface area contributed by atoms with Crippen molar-refractivity contribution >= 4 is 17.7 Å². The van der Waals surface area contributed by atoms with Gasteiger partial charge in [0.05, 0.1) is 13.2 Å². The highest BCUT2D eigenvalue weighted by Gasteiger charge is 2.44. The fourth-order valence-corrected chi connectivity index (χ4v) is 3.61. The van der Waals surface area contributed by atoms with Gasteiger partial charge in [-0.3, -0.25) is 14.4 Å². The van der Waals surface area contributed by atoms with Crippen molar-refractivity contribution in [1.82, 2.24) is 0 Å². The zero-order valence-electron chi connectivity index (χ0n) is 14.9. The van der Waals surface area contributed by atoms with Gasteiger partial charge in [0.1, 0.15) is 0 Å². The molecule has 1 fully saturated rings. The van der Waals surface area contributed by atoms with Crippen LogP contribution in [0.15, 0.2) is 30.3 Å². The van der Waals surface area contributed by atoms with Crippen molar-refractivity contribution in [3.63, 3.8) is 0 Å². The van der Waals surface area contributed by atoms with Gasteiger partial charge in [-0.15, -0.1) is 0 Å². The molecule has 1 aromatic rings. The summed E-state index contributed by atoms with van der Waals surface area (Å²) in [5.74, 6) is -2.95. The van der Waals surface area contributed by atoms with E-state index in [1.807, 2.05) is 18.2 Å². The van der Waals surface area contributed by atoms with Crippen LogP contribution in [0.1, 0.15) is 49.9 Å². The lowest BCUT2D eigenvalue weighted by Gasteiger charge is -2.34. The number of esters is 2. The Morgan fingerprint density at radius 2 is 1.52 bits per heavy atom. The summed E-state index contributed by atoms with van der Waals surface area (Å²) >= 11 is 0. The topological polar surface area (TPSA) is 69.7 Å². The maximum absolute atomic E-state index is 13.0. The number of carbonyl (C=O) groups is 3. The summed E-state index contributed by atoms with van der Waals surface area (Å²) in [7, 11) is 0. The Morgan fingerprint density at radius 1 is 0.960 bits per heavy atom. The van der Waals surface area contributed by atoms with Crippen LogP contribution in [0, 0.1) is 17.8 Å². The number of rotatable bonds is 7. The van der Waals surface area contributed by atoms with E-state index in [1.165, 1.54) is 0 Å². The Morgan fingerprint density at radius 3 is 2.08 bits per heavy atom. The maximum Gasteiger partial charge on any atom is 0.320 e. The Bertz CT molecular complexity index is 577. The molecule has 1 aromatic carbocycles. The van der Waals surface area contributed by atoms with E-state index in [0.717, 1.165) is 12.8 Å². The first-order valence-electron chi connectivity index (χ1n) is 9.02. The zero-order valence-corrected chi connectivity index (χ0v) is 14.9. The number of hydrogen-bond donors (Lipinski definition) is 0. The van der Waals surface area contributed by atoms with Crippen molar-refractivity contribution < 1.29 is 23.9 Å². The summed E-state index contributed by atoms with van der Waals surface area (Å²) in [6.07, 6.45) is 3.12. The summed E-state index contributed by atoms with van der Waals surface area (Å²) in [5, 5.41) is 0. The minimum Gasteiger partial charge on any atom is -0.465 e. The quantitative estimate of drug-likeness (QED) is 0.430. The molecule has 0 aromatic heterocycles. The Hall–Kier alpha value is -2.17. The van der Waals surface area contributed by atoms with Crippen molar-refractivity contribution in [2.45, 2.75) is 39.5 Å². The number of ether oxygens (including phenoxy) is 2. The van der Waals surface area contributed by atoms with Crippen LogP contribution in [0.25, 0.3) is 0 Å². The van der Waals surface area contributed by atoms with Gasteiger partial charge in [0.25, 0.3) is 0 Å². The molecule has 0 radical (unpaired) electrons. The maximum atomic E-state index is 13.0. The van der Waals surface area contributed by atoms with Crippen LogP contribution in [0.5, 0.6) is 0 Å². The molecule has 2 rings (SSSR count). The van der Waals surface area contributed by atoms with Crippen LogP contribution in [-0.2, 0) is 19.1 Å². The Balaban J connectivity index is 2.30. The summed E-state index contributed by atoms with van der Waals surface area (Å²) < 4.78 is 10.2. The third-order valence-electron chi connectivity index (χ3n) is 4.72. The monoisotopic (exact) mass is 346 g/mol. The van der Waals surface area contributed by atoms with Crippen LogP contribution in [0.3, 0.4) is 0 Å². The Labute approximate surface area is 148 Å². The highest BCUT2D eigenvalue weighted by atomic mass is 16.6. The highest BCUT2D eigenvalue weighted by molar-refractivity contribution is 6.00. The van der Waals surface area contributed by atoms with Gasteiger partial charge in [-0.05, 0) is 32.6 Å². The molecule has 1 aliphatic carbocycles. The van der Waals surface area contributed by atoms with Gasteiger partial charge < -0.3 is 9.47 Å². The first-order valence-corrected chi connectivity index (χ1v) is 9.02. The SMILES string of the molecule is CCOC(=O)C(C(=O)OCC)[C@H]1CCCC[C@@H]1C(=O)c1ccccc1. The molecule has 5 nitrogen and oxygen atoms in total. The van der Waals surface area contributed by atoms with Crippen LogP contribution >= 0.6 is 0 Å².